The lowest BCUT2D eigenvalue weighted by Gasteiger charge is -2.15. The lowest BCUT2D eigenvalue weighted by molar-refractivity contribution is 0.103. The molecule has 21 heavy (non-hydrogen) atoms. The molecular weight excluding hydrogens is 284 g/mol. The molecule has 1 aromatic carbocycles. The molecular formula is C17H20O3S. The molecule has 0 spiro atoms. The molecule has 0 aliphatic rings. The van der Waals surface area contributed by atoms with Crippen LogP contribution in [0.25, 0.3) is 0 Å². The molecule has 0 bridgehead atoms. The maximum absolute atomic E-state index is 12.7. The third-order valence-electron chi connectivity index (χ3n) is 3.22. The van der Waals surface area contributed by atoms with Gasteiger partial charge in [0.1, 0.15) is 11.5 Å². The zero-order chi connectivity index (χ0) is 15.6. The molecule has 1 heterocycles. The third-order valence-corrected chi connectivity index (χ3v) is 4.73. The molecule has 0 radical (unpaired) electrons. The van der Waals surface area contributed by atoms with Gasteiger partial charge in [-0.25, -0.2) is 0 Å². The summed E-state index contributed by atoms with van der Waals surface area (Å²) in [6.45, 7) is 6.42. The van der Waals surface area contributed by atoms with E-state index in [0.29, 0.717) is 17.1 Å². The first-order valence-electron chi connectivity index (χ1n) is 6.74. The Balaban J connectivity index is 2.38. The molecule has 0 aliphatic carbocycles. The van der Waals surface area contributed by atoms with Gasteiger partial charge < -0.3 is 9.47 Å². The van der Waals surface area contributed by atoms with Crippen molar-refractivity contribution < 1.29 is 14.3 Å². The number of carbonyl (C=O) groups excluding carboxylic acids is 1. The Morgan fingerprint density at radius 3 is 2.29 bits per heavy atom. The van der Waals surface area contributed by atoms with Gasteiger partial charge >= 0.3 is 0 Å². The molecule has 2 aromatic rings. The van der Waals surface area contributed by atoms with E-state index in [1.807, 2.05) is 12.1 Å². The van der Waals surface area contributed by atoms with E-state index in [0.717, 1.165) is 4.88 Å². The largest absolute Gasteiger partial charge is 0.497 e. The minimum absolute atomic E-state index is 0.0185. The summed E-state index contributed by atoms with van der Waals surface area (Å²) in [5, 5.41) is 0. The average Bonchev–Trinajstić information content (AvgIpc) is 2.95. The van der Waals surface area contributed by atoms with E-state index < -0.39 is 0 Å². The first-order chi connectivity index (χ1) is 9.86. The SMILES string of the molecule is COc1ccc(C(=O)c2ccc(C(C)(C)C)s2)c(OC)c1. The average molecular weight is 304 g/mol. The van der Waals surface area contributed by atoms with Crippen LogP contribution >= 0.6 is 11.3 Å². The summed E-state index contributed by atoms with van der Waals surface area (Å²) in [5.41, 5.74) is 0.605. The Morgan fingerprint density at radius 1 is 1.05 bits per heavy atom. The molecule has 0 saturated carbocycles. The number of hydrogen-bond acceptors (Lipinski definition) is 4. The highest BCUT2D eigenvalue weighted by Crippen LogP contribution is 2.33. The number of rotatable bonds is 4. The molecule has 0 atom stereocenters. The molecule has 112 valence electrons. The molecule has 2 rings (SSSR count). The van der Waals surface area contributed by atoms with Crippen LogP contribution in [0.5, 0.6) is 11.5 Å². The van der Waals surface area contributed by atoms with E-state index in [1.54, 1.807) is 32.4 Å². The van der Waals surface area contributed by atoms with Gasteiger partial charge in [0.25, 0.3) is 0 Å². The molecule has 1 aromatic heterocycles. The lowest BCUT2D eigenvalue weighted by Crippen LogP contribution is -2.08. The van der Waals surface area contributed by atoms with Gasteiger partial charge in [0.05, 0.1) is 24.7 Å². The number of thiophene rings is 1. The quantitative estimate of drug-likeness (QED) is 0.790. The van der Waals surface area contributed by atoms with Gasteiger partial charge in [-0.3, -0.25) is 4.79 Å². The van der Waals surface area contributed by atoms with Crippen molar-refractivity contribution in [1.82, 2.24) is 0 Å². The number of ether oxygens (including phenoxy) is 2. The van der Waals surface area contributed by atoms with Crippen LogP contribution in [-0.4, -0.2) is 20.0 Å². The van der Waals surface area contributed by atoms with Gasteiger partial charge in [0.15, 0.2) is 0 Å². The van der Waals surface area contributed by atoms with E-state index in [4.69, 9.17) is 9.47 Å². The molecule has 0 fully saturated rings. The van der Waals surface area contributed by atoms with E-state index in [2.05, 4.69) is 20.8 Å². The van der Waals surface area contributed by atoms with Crippen LogP contribution in [0.1, 0.15) is 40.9 Å². The summed E-state index contributed by atoms with van der Waals surface area (Å²) >= 11 is 1.54. The topological polar surface area (TPSA) is 35.5 Å². The summed E-state index contributed by atoms with van der Waals surface area (Å²) in [4.78, 5) is 14.6. The van der Waals surface area contributed by atoms with Crippen LogP contribution in [0.4, 0.5) is 0 Å². The van der Waals surface area contributed by atoms with E-state index in [1.165, 1.54) is 16.2 Å². The first-order valence-corrected chi connectivity index (χ1v) is 7.55. The standard InChI is InChI=1S/C17H20O3S/c1-17(2,3)15-9-8-14(21-15)16(18)12-7-6-11(19-4)10-13(12)20-5/h6-10H,1-5H3. The van der Waals surface area contributed by atoms with Crippen molar-refractivity contribution in [2.24, 2.45) is 0 Å². The van der Waals surface area contributed by atoms with Crippen LogP contribution in [0.2, 0.25) is 0 Å². The summed E-state index contributed by atoms with van der Waals surface area (Å²) in [6, 6.07) is 9.15. The Labute approximate surface area is 129 Å². The lowest BCUT2D eigenvalue weighted by atomic mass is 9.95. The second-order valence-electron chi connectivity index (χ2n) is 5.81. The van der Waals surface area contributed by atoms with Crippen LogP contribution < -0.4 is 9.47 Å². The maximum Gasteiger partial charge on any atom is 0.206 e. The van der Waals surface area contributed by atoms with Gasteiger partial charge in [-0.15, -0.1) is 11.3 Å². The number of ketones is 1. The number of hydrogen-bond donors (Lipinski definition) is 0. The fraction of sp³-hybridized carbons (Fsp3) is 0.353. The minimum atomic E-state index is -0.0185. The number of benzene rings is 1. The highest BCUT2D eigenvalue weighted by atomic mass is 32.1. The monoisotopic (exact) mass is 304 g/mol. The second kappa shape index (κ2) is 5.90. The Hall–Kier alpha value is -1.81. The van der Waals surface area contributed by atoms with Crippen LogP contribution in [0.3, 0.4) is 0 Å². The van der Waals surface area contributed by atoms with Crippen molar-refractivity contribution in [3.8, 4) is 11.5 Å². The van der Waals surface area contributed by atoms with Crippen molar-refractivity contribution in [3.63, 3.8) is 0 Å². The predicted octanol–water partition coefficient (Wildman–Crippen LogP) is 4.29. The van der Waals surface area contributed by atoms with Crippen LogP contribution in [0, 0.1) is 0 Å². The zero-order valence-electron chi connectivity index (χ0n) is 13.0. The van der Waals surface area contributed by atoms with Crippen molar-refractivity contribution in [1.29, 1.82) is 0 Å². The molecule has 0 N–H and O–H groups in total. The van der Waals surface area contributed by atoms with Crippen molar-refractivity contribution in [2.45, 2.75) is 26.2 Å². The van der Waals surface area contributed by atoms with Crippen molar-refractivity contribution >= 4 is 17.1 Å². The molecule has 3 nitrogen and oxygen atoms in total. The molecule has 0 saturated heterocycles. The van der Waals surface area contributed by atoms with Gasteiger partial charge in [0.2, 0.25) is 5.78 Å². The minimum Gasteiger partial charge on any atom is -0.497 e. The van der Waals surface area contributed by atoms with Gasteiger partial charge in [-0.2, -0.15) is 0 Å². The van der Waals surface area contributed by atoms with Gasteiger partial charge in [0, 0.05) is 10.9 Å². The second-order valence-corrected chi connectivity index (χ2v) is 6.89. The van der Waals surface area contributed by atoms with Crippen LogP contribution in [-0.2, 0) is 5.41 Å². The highest BCUT2D eigenvalue weighted by Gasteiger charge is 2.21. The fourth-order valence-corrected chi connectivity index (χ4v) is 3.00. The Kier molecular flexibility index (Phi) is 4.37. The third kappa shape index (κ3) is 3.27. The Bertz CT molecular complexity index is 650. The van der Waals surface area contributed by atoms with Gasteiger partial charge in [-0.1, -0.05) is 20.8 Å². The first kappa shape index (κ1) is 15.6. The highest BCUT2D eigenvalue weighted by molar-refractivity contribution is 7.14. The zero-order valence-corrected chi connectivity index (χ0v) is 13.8. The smallest absolute Gasteiger partial charge is 0.206 e. The maximum atomic E-state index is 12.7. The summed E-state index contributed by atoms with van der Waals surface area (Å²) in [5.74, 6) is 1.19. The van der Waals surface area contributed by atoms with E-state index >= 15 is 0 Å². The molecule has 0 unspecified atom stereocenters. The van der Waals surface area contributed by atoms with Crippen molar-refractivity contribution in [2.75, 3.05) is 14.2 Å². The molecule has 4 heteroatoms. The Morgan fingerprint density at radius 2 is 1.76 bits per heavy atom. The molecule has 0 amide bonds. The van der Waals surface area contributed by atoms with E-state index in [-0.39, 0.29) is 11.2 Å². The van der Waals surface area contributed by atoms with Crippen LogP contribution in [0.15, 0.2) is 30.3 Å². The fourth-order valence-electron chi connectivity index (χ4n) is 1.98. The predicted molar refractivity (Wildman–Crippen MR) is 86.0 cm³/mol. The number of carbonyl (C=O) groups is 1. The van der Waals surface area contributed by atoms with Gasteiger partial charge in [-0.05, 0) is 29.7 Å². The normalized spacial score (nSPS) is 11.3. The van der Waals surface area contributed by atoms with Crippen molar-refractivity contribution in [3.05, 3.63) is 45.6 Å². The molecule has 0 aliphatic heterocycles. The summed E-state index contributed by atoms with van der Waals surface area (Å²) in [6.07, 6.45) is 0. The van der Waals surface area contributed by atoms with E-state index in [9.17, 15) is 4.79 Å². The summed E-state index contributed by atoms with van der Waals surface area (Å²) < 4.78 is 10.5. The summed E-state index contributed by atoms with van der Waals surface area (Å²) in [7, 11) is 3.14. The number of methoxy groups -OCH3 is 2.